The number of hydrogen-bond acceptors (Lipinski definition) is 3. The van der Waals surface area contributed by atoms with Crippen molar-refractivity contribution in [2.24, 2.45) is 0 Å². The molecule has 2 aromatic carbocycles. The Morgan fingerprint density at radius 3 is 2.74 bits per heavy atom. The molecular formula is C21H20ClFN2OS. The molecule has 0 spiro atoms. The number of thiazole rings is 1. The Kier molecular flexibility index (Phi) is 6.24. The maximum Gasteiger partial charge on any atom is 0.230 e. The summed E-state index contributed by atoms with van der Waals surface area (Å²) in [5.41, 5.74) is 4.18. The second kappa shape index (κ2) is 8.63. The minimum atomic E-state index is -0.304. The second-order valence-corrected chi connectivity index (χ2v) is 7.41. The third-order valence-corrected chi connectivity index (χ3v) is 5.60. The van der Waals surface area contributed by atoms with Crippen molar-refractivity contribution in [1.82, 2.24) is 4.98 Å². The van der Waals surface area contributed by atoms with Gasteiger partial charge in [-0.05, 0) is 42.2 Å². The summed E-state index contributed by atoms with van der Waals surface area (Å²) < 4.78 is 13.4. The summed E-state index contributed by atoms with van der Waals surface area (Å²) in [6, 6.07) is 10.1. The molecule has 0 fully saturated rings. The van der Waals surface area contributed by atoms with Gasteiger partial charge in [0.2, 0.25) is 5.91 Å². The molecule has 0 radical (unpaired) electrons. The molecule has 0 bridgehead atoms. The maximum absolute atomic E-state index is 13.4. The first-order chi connectivity index (χ1) is 13.0. The van der Waals surface area contributed by atoms with E-state index >= 15 is 0 Å². The quantitative estimate of drug-likeness (QED) is 0.557. The standard InChI is InChI=1S/C21H20ClFN2OS/c1-3-13-8-9-18(22)17(4-2)20(13)25-19(26)11-16-12-27-21(24-16)14-6-5-7-15(23)10-14/h5-10,12H,3-4,11H2,1-2H3,(H,25,26). The van der Waals surface area contributed by atoms with Gasteiger partial charge in [-0.1, -0.05) is 43.6 Å². The number of amides is 1. The van der Waals surface area contributed by atoms with Crippen molar-refractivity contribution in [3.8, 4) is 10.6 Å². The minimum Gasteiger partial charge on any atom is -0.325 e. The molecule has 3 aromatic rings. The van der Waals surface area contributed by atoms with Crippen molar-refractivity contribution in [3.63, 3.8) is 0 Å². The molecule has 0 aliphatic carbocycles. The van der Waals surface area contributed by atoms with Gasteiger partial charge in [-0.25, -0.2) is 9.37 Å². The van der Waals surface area contributed by atoms with Gasteiger partial charge in [-0.15, -0.1) is 11.3 Å². The predicted octanol–water partition coefficient (Wildman–Crippen LogP) is 5.91. The van der Waals surface area contributed by atoms with Crippen LogP contribution in [0.25, 0.3) is 10.6 Å². The molecule has 1 amide bonds. The van der Waals surface area contributed by atoms with E-state index in [0.29, 0.717) is 21.3 Å². The number of rotatable bonds is 6. The van der Waals surface area contributed by atoms with E-state index in [1.54, 1.807) is 12.1 Å². The Morgan fingerprint density at radius 2 is 2.04 bits per heavy atom. The van der Waals surface area contributed by atoms with E-state index in [4.69, 9.17) is 11.6 Å². The van der Waals surface area contributed by atoms with Gasteiger partial charge in [-0.3, -0.25) is 4.79 Å². The average Bonchev–Trinajstić information content (AvgIpc) is 3.10. The van der Waals surface area contributed by atoms with E-state index in [9.17, 15) is 9.18 Å². The number of carbonyl (C=O) groups is 1. The van der Waals surface area contributed by atoms with Gasteiger partial charge < -0.3 is 5.32 Å². The maximum atomic E-state index is 13.4. The van der Waals surface area contributed by atoms with E-state index in [0.717, 1.165) is 29.7 Å². The number of nitrogens with zero attached hydrogens (tertiary/aromatic N) is 1. The van der Waals surface area contributed by atoms with Crippen LogP contribution in [0, 0.1) is 5.82 Å². The van der Waals surface area contributed by atoms with Crippen LogP contribution in [0.2, 0.25) is 5.02 Å². The average molecular weight is 403 g/mol. The zero-order chi connectivity index (χ0) is 19.4. The van der Waals surface area contributed by atoms with Gasteiger partial charge in [0.25, 0.3) is 0 Å². The summed E-state index contributed by atoms with van der Waals surface area (Å²) in [6.07, 6.45) is 1.70. The van der Waals surface area contributed by atoms with E-state index in [-0.39, 0.29) is 18.1 Å². The Hall–Kier alpha value is -2.24. The van der Waals surface area contributed by atoms with Gasteiger partial charge in [-0.2, -0.15) is 0 Å². The zero-order valence-electron chi connectivity index (χ0n) is 15.2. The van der Waals surface area contributed by atoms with Crippen molar-refractivity contribution < 1.29 is 9.18 Å². The van der Waals surface area contributed by atoms with Crippen molar-refractivity contribution >= 4 is 34.5 Å². The van der Waals surface area contributed by atoms with Crippen LogP contribution in [-0.2, 0) is 24.1 Å². The normalized spacial score (nSPS) is 10.8. The van der Waals surface area contributed by atoms with E-state index < -0.39 is 0 Å². The molecule has 6 heteroatoms. The molecule has 0 aliphatic heterocycles. The van der Waals surface area contributed by atoms with Crippen LogP contribution < -0.4 is 5.32 Å². The molecule has 0 unspecified atom stereocenters. The lowest BCUT2D eigenvalue weighted by Crippen LogP contribution is -2.17. The highest BCUT2D eigenvalue weighted by molar-refractivity contribution is 7.13. The molecule has 1 aromatic heterocycles. The summed E-state index contributed by atoms with van der Waals surface area (Å²) in [4.78, 5) is 17.1. The van der Waals surface area contributed by atoms with Crippen molar-refractivity contribution in [2.45, 2.75) is 33.1 Å². The molecule has 0 aliphatic rings. The summed E-state index contributed by atoms with van der Waals surface area (Å²) in [5, 5.41) is 6.20. The molecule has 3 nitrogen and oxygen atoms in total. The van der Waals surface area contributed by atoms with Crippen LogP contribution in [0.5, 0.6) is 0 Å². The zero-order valence-corrected chi connectivity index (χ0v) is 16.8. The first-order valence-corrected chi connectivity index (χ1v) is 10.1. The van der Waals surface area contributed by atoms with Gasteiger partial charge in [0.05, 0.1) is 12.1 Å². The molecule has 0 atom stereocenters. The molecule has 140 valence electrons. The molecule has 0 saturated carbocycles. The lowest BCUT2D eigenvalue weighted by Gasteiger charge is -2.15. The number of aryl methyl sites for hydroxylation is 1. The van der Waals surface area contributed by atoms with E-state index in [1.807, 2.05) is 31.4 Å². The molecule has 0 saturated heterocycles. The summed E-state index contributed by atoms with van der Waals surface area (Å²) >= 11 is 7.69. The van der Waals surface area contributed by atoms with Crippen LogP contribution in [-0.4, -0.2) is 10.9 Å². The summed E-state index contributed by atoms with van der Waals surface area (Å²) in [7, 11) is 0. The lowest BCUT2D eigenvalue weighted by molar-refractivity contribution is -0.115. The first kappa shape index (κ1) is 19.5. The third kappa shape index (κ3) is 4.54. The number of anilines is 1. The van der Waals surface area contributed by atoms with Crippen LogP contribution >= 0.6 is 22.9 Å². The van der Waals surface area contributed by atoms with Crippen molar-refractivity contribution in [2.75, 3.05) is 5.32 Å². The van der Waals surface area contributed by atoms with Gasteiger partial charge in [0.1, 0.15) is 10.8 Å². The van der Waals surface area contributed by atoms with Gasteiger partial charge in [0, 0.05) is 21.7 Å². The largest absolute Gasteiger partial charge is 0.325 e. The highest BCUT2D eigenvalue weighted by atomic mass is 35.5. The van der Waals surface area contributed by atoms with Gasteiger partial charge >= 0.3 is 0 Å². The number of hydrogen-bond donors (Lipinski definition) is 1. The summed E-state index contributed by atoms with van der Waals surface area (Å²) in [6.45, 7) is 4.06. The number of benzene rings is 2. The Bertz CT molecular complexity index is 971. The van der Waals surface area contributed by atoms with E-state index in [1.165, 1.54) is 23.5 Å². The molecule has 27 heavy (non-hydrogen) atoms. The minimum absolute atomic E-state index is 0.141. The topological polar surface area (TPSA) is 42.0 Å². The molecule has 1 heterocycles. The summed E-state index contributed by atoms with van der Waals surface area (Å²) in [5.74, 6) is -0.445. The number of halogens is 2. The van der Waals surface area contributed by atoms with Gasteiger partial charge in [0.15, 0.2) is 0 Å². The van der Waals surface area contributed by atoms with Crippen LogP contribution in [0.3, 0.4) is 0 Å². The molecule has 1 N–H and O–H groups in total. The molecule has 3 rings (SSSR count). The van der Waals surface area contributed by atoms with Crippen LogP contribution in [0.15, 0.2) is 41.8 Å². The fraction of sp³-hybridized carbons (Fsp3) is 0.238. The lowest BCUT2D eigenvalue weighted by atomic mass is 10.0. The highest BCUT2D eigenvalue weighted by Crippen LogP contribution is 2.30. The fourth-order valence-electron chi connectivity index (χ4n) is 2.96. The van der Waals surface area contributed by atoms with Crippen molar-refractivity contribution in [3.05, 3.63) is 69.4 Å². The SMILES string of the molecule is CCc1ccc(Cl)c(CC)c1NC(=O)Cc1csc(-c2cccc(F)c2)n1. The smallest absolute Gasteiger partial charge is 0.230 e. The first-order valence-electron chi connectivity index (χ1n) is 8.82. The van der Waals surface area contributed by atoms with Crippen LogP contribution in [0.1, 0.15) is 30.7 Å². The highest BCUT2D eigenvalue weighted by Gasteiger charge is 2.15. The predicted molar refractivity (Wildman–Crippen MR) is 110 cm³/mol. The van der Waals surface area contributed by atoms with Crippen molar-refractivity contribution in [1.29, 1.82) is 0 Å². The number of aromatic nitrogens is 1. The third-order valence-electron chi connectivity index (χ3n) is 4.31. The molecular weight excluding hydrogens is 383 g/mol. The Labute approximate surface area is 167 Å². The second-order valence-electron chi connectivity index (χ2n) is 6.15. The number of nitrogens with one attached hydrogen (secondary N) is 1. The van der Waals surface area contributed by atoms with E-state index in [2.05, 4.69) is 10.3 Å². The monoisotopic (exact) mass is 402 g/mol. The fourth-order valence-corrected chi connectivity index (χ4v) is 4.07. The Balaban J connectivity index is 1.77. The van der Waals surface area contributed by atoms with Crippen LogP contribution in [0.4, 0.5) is 10.1 Å². The Morgan fingerprint density at radius 1 is 1.22 bits per heavy atom. The number of carbonyl (C=O) groups excluding carboxylic acids is 1.